The summed E-state index contributed by atoms with van der Waals surface area (Å²) in [4.78, 5) is 26.3. The van der Waals surface area contributed by atoms with Gasteiger partial charge in [0.1, 0.15) is 0 Å². The topological polar surface area (TPSA) is 93.9 Å². The average molecular weight is 371 g/mol. The van der Waals surface area contributed by atoms with Gasteiger partial charge in [0.05, 0.1) is 5.92 Å². The third-order valence-corrected chi connectivity index (χ3v) is 5.25. The zero-order valence-corrected chi connectivity index (χ0v) is 15.2. The molecule has 1 saturated heterocycles. The molecule has 0 saturated carbocycles. The molecule has 1 aromatic carbocycles. The monoisotopic (exact) mass is 371 g/mol. The van der Waals surface area contributed by atoms with Crippen LogP contribution < -0.4 is 9.47 Å². The largest absolute Gasteiger partial charge is 0.481 e. The molecule has 2 aromatic rings. The van der Waals surface area contributed by atoms with Crippen LogP contribution in [0.25, 0.3) is 0 Å². The molecule has 0 radical (unpaired) electrons. The Morgan fingerprint density at radius 3 is 2.70 bits per heavy atom. The summed E-state index contributed by atoms with van der Waals surface area (Å²) in [6, 6.07) is 7.19. The van der Waals surface area contributed by atoms with E-state index in [9.17, 15) is 14.7 Å². The molecule has 0 bridgehead atoms. The van der Waals surface area contributed by atoms with Crippen molar-refractivity contribution < 1.29 is 24.2 Å². The molecule has 2 aliphatic rings. The molecule has 1 amide bonds. The number of aromatic nitrogens is 2. The van der Waals surface area contributed by atoms with Crippen LogP contribution in [-0.2, 0) is 11.3 Å². The summed E-state index contributed by atoms with van der Waals surface area (Å²) >= 11 is 0. The van der Waals surface area contributed by atoms with Gasteiger partial charge in [0, 0.05) is 31.2 Å². The highest BCUT2D eigenvalue weighted by molar-refractivity contribution is 5.93. The first-order valence-corrected chi connectivity index (χ1v) is 8.94. The van der Waals surface area contributed by atoms with Crippen LogP contribution in [0.4, 0.5) is 0 Å². The van der Waals surface area contributed by atoms with Gasteiger partial charge in [0.25, 0.3) is 5.91 Å². The lowest BCUT2D eigenvalue weighted by Gasteiger charge is -2.16. The zero-order valence-electron chi connectivity index (χ0n) is 15.2. The number of carboxylic acid groups (broad SMARTS) is 1. The molecule has 27 heavy (non-hydrogen) atoms. The van der Waals surface area contributed by atoms with Crippen molar-refractivity contribution in [1.29, 1.82) is 0 Å². The van der Waals surface area contributed by atoms with E-state index in [0.717, 1.165) is 11.3 Å². The molecule has 4 rings (SSSR count). The van der Waals surface area contributed by atoms with Crippen molar-refractivity contribution in [3.05, 3.63) is 41.2 Å². The maximum atomic E-state index is 12.9. The second kappa shape index (κ2) is 6.61. The standard InChI is InChI=1S/C19H21N3O5/c1-3-22-11(2)6-15(20-22)18(23)21-8-13(14(9-21)19(24)25)12-4-5-16-17(7-12)27-10-26-16/h4-7,13-14H,3,8-10H2,1-2H3,(H,24,25)/t13-,14+/m0/s1. The molecular formula is C19H21N3O5. The van der Waals surface area contributed by atoms with Gasteiger partial charge in [-0.3, -0.25) is 14.3 Å². The number of hydrogen-bond donors (Lipinski definition) is 1. The number of carboxylic acids is 1. The highest BCUT2D eigenvalue weighted by Crippen LogP contribution is 2.39. The minimum Gasteiger partial charge on any atom is -0.481 e. The van der Waals surface area contributed by atoms with Crippen LogP contribution in [0.5, 0.6) is 11.5 Å². The van der Waals surface area contributed by atoms with Crippen molar-refractivity contribution in [3.8, 4) is 11.5 Å². The fourth-order valence-electron chi connectivity index (χ4n) is 3.80. The second-order valence-corrected chi connectivity index (χ2v) is 6.86. The first-order valence-electron chi connectivity index (χ1n) is 8.94. The first kappa shape index (κ1) is 17.4. The summed E-state index contributed by atoms with van der Waals surface area (Å²) in [5.74, 6) is -0.877. The molecule has 0 unspecified atom stereocenters. The third kappa shape index (κ3) is 3.01. The third-order valence-electron chi connectivity index (χ3n) is 5.25. The van der Waals surface area contributed by atoms with Crippen LogP contribution in [0.15, 0.2) is 24.3 Å². The van der Waals surface area contributed by atoms with Gasteiger partial charge in [-0.1, -0.05) is 6.07 Å². The molecule has 1 fully saturated rings. The van der Waals surface area contributed by atoms with Crippen LogP contribution >= 0.6 is 0 Å². The van der Waals surface area contributed by atoms with Gasteiger partial charge in [0.2, 0.25) is 6.79 Å². The fourth-order valence-corrected chi connectivity index (χ4v) is 3.80. The number of rotatable bonds is 4. The van der Waals surface area contributed by atoms with Crippen molar-refractivity contribution in [2.45, 2.75) is 26.3 Å². The summed E-state index contributed by atoms with van der Waals surface area (Å²) in [7, 11) is 0. The number of aliphatic carboxylic acids is 1. The van der Waals surface area contributed by atoms with Crippen molar-refractivity contribution >= 4 is 11.9 Å². The summed E-state index contributed by atoms with van der Waals surface area (Å²) in [6.45, 7) is 5.18. The SMILES string of the molecule is CCn1nc(C(=O)N2C[C@@H](C(=O)O)[C@H](c3ccc4c(c3)OCO4)C2)cc1C. The van der Waals surface area contributed by atoms with E-state index in [4.69, 9.17) is 9.47 Å². The predicted octanol–water partition coefficient (Wildman–Crippen LogP) is 1.88. The van der Waals surface area contributed by atoms with E-state index in [2.05, 4.69) is 5.10 Å². The zero-order chi connectivity index (χ0) is 19.1. The van der Waals surface area contributed by atoms with E-state index >= 15 is 0 Å². The quantitative estimate of drug-likeness (QED) is 0.882. The predicted molar refractivity (Wildman–Crippen MR) is 95.0 cm³/mol. The second-order valence-electron chi connectivity index (χ2n) is 6.86. The molecule has 0 aliphatic carbocycles. The summed E-state index contributed by atoms with van der Waals surface area (Å²) < 4.78 is 12.5. The van der Waals surface area contributed by atoms with Gasteiger partial charge in [-0.25, -0.2) is 0 Å². The number of ether oxygens (including phenoxy) is 2. The Balaban J connectivity index is 1.60. The fraction of sp³-hybridized carbons (Fsp3) is 0.421. The number of carbonyl (C=O) groups excluding carboxylic acids is 1. The number of benzene rings is 1. The lowest BCUT2D eigenvalue weighted by atomic mass is 9.89. The van der Waals surface area contributed by atoms with Crippen molar-refractivity contribution in [2.75, 3.05) is 19.9 Å². The van der Waals surface area contributed by atoms with Crippen molar-refractivity contribution in [2.24, 2.45) is 5.92 Å². The first-order chi connectivity index (χ1) is 13.0. The lowest BCUT2D eigenvalue weighted by Crippen LogP contribution is -2.30. The van der Waals surface area contributed by atoms with Crippen LogP contribution in [0.3, 0.4) is 0 Å². The Hall–Kier alpha value is -3.03. The molecule has 2 atom stereocenters. The molecular weight excluding hydrogens is 350 g/mol. The molecule has 0 spiro atoms. The lowest BCUT2D eigenvalue weighted by molar-refractivity contribution is -0.141. The van der Waals surface area contributed by atoms with Crippen LogP contribution in [-0.4, -0.2) is 51.5 Å². The number of carbonyl (C=O) groups is 2. The summed E-state index contributed by atoms with van der Waals surface area (Å²) in [5.41, 5.74) is 2.09. The molecule has 8 heteroatoms. The molecule has 3 heterocycles. The highest BCUT2D eigenvalue weighted by atomic mass is 16.7. The number of likely N-dealkylation sites (tertiary alicyclic amines) is 1. The van der Waals surface area contributed by atoms with Gasteiger partial charge in [0.15, 0.2) is 17.2 Å². The Morgan fingerprint density at radius 1 is 1.22 bits per heavy atom. The Bertz CT molecular complexity index is 907. The molecule has 1 aromatic heterocycles. The number of aryl methyl sites for hydroxylation is 2. The van der Waals surface area contributed by atoms with E-state index in [-0.39, 0.29) is 25.2 Å². The van der Waals surface area contributed by atoms with E-state index < -0.39 is 11.9 Å². The maximum Gasteiger partial charge on any atom is 0.308 e. The Kier molecular flexibility index (Phi) is 4.25. The van der Waals surface area contributed by atoms with Crippen LogP contribution in [0, 0.1) is 12.8 Å². The number of hydrogen-bond acceptors (Lipinski definition) is 5. The number of nitrogens with zero attached hydrogens (tertiary/aromatic N) is 3. The summed E-state index contributed by atoms with van der Waals surface area (Å²) in [5, 5.41) is 14.0. The van der Waals surface area contributed by atoms with E-state index in [1.807, 2.05) is 26.0 Å². The van der Waals surface area contributed by atoms with E-state index in [0.29, 0.717) is 30.3 Å². The molecule has 8 nitrogen and oxygen atoms in total. The summed E-state index contributed by atoms with van der Waals surface area (Å²) in [6.07, 6.45) is 0. The van der Waals surface area contributed by atoms with Gasteiger partial charge >= 0.3 is 5.97 Å². The molecule has 142 valence electrons. The van der Waals surface area contributed by atoms with Gasteiger partial charge in [-0.15, -0.1) is 0 Å². The molecule has 1 N–H and O–H groups in total. The highest BCUT2D eigenvalue weighted by Gasteiger charge is 2.41. The minimum atomic E-state index is -0.914. The maximum absolute atomic E-state index is 12.9. The number of fused-ring (bicyclic) bond motifs is 1. The number of amides is 1. The molecule has 2 aliphatic heterocycles. The van der Waals surface area contributed by atoms with E-state index in [1.54, 1.807) is 21.7 Å². The van der Waals surface area contributed by atoms with Gasteiger partial charge < -0.3 is 19.5 Å². The smallest absolute Gasteiger partial charge is 0.308 e. The average Bonchev–Trinajstić information content (AvgIpc) is 3.37. The Labute approximate surface area is 156 Å². The van der Waals surface area contributed by atoms with Crippen molar-refractivity contribution in [3.63, 3.8) is 0 Å². The van der Waals surface area contributed by atoms with Crippen molar-refractivity contribution in [1.82, 2.24) is 14.7 Å². The van der Waals surface area contributed by atoms with Crippen LogP contribution in [0.1, 0.15) is 34.6 Å². The minimum absolute atomic E-state index is 0.158. The normalized spacial score (nSPS) is 20.9. The van der Waals surface area contributed by atoms with Crippen LogP contribution in [0.2, 0.25) is 0 Å². The van der Waals surface area contributed by atoms with Gasteiger partial charge in [-0.05, 0) is 37.6 Å². The van der Waals surface area contributed by atoms with Gasteiger partial charge in [-0.2, -0.15) is 5.10 Å². The van der Waals surface area contributed by atoms with E-state index in [1.165, 1.54) is 0 Å². The Morgan fingerprint density at radius 2 is 2.00 bits per heavy atom.